The predicted octanol–water partition coefficient (Wildman–Crippen LogP) is 3.90. The van der Waals surface area contributed by atoms with Gasteiger partial charge in [-0.05, 0) is 42.1 Å². The molecular formula is C14H24BrN3O. The van der Waals surface area contributed by atoms with Crippen LogP contribution >= 0.6 is 15.9 Å². The summed E-state index contributed by atoms with van der Waals surface area (Å²) in [7, 11) is 1.73. The van der Waals surface area contributed by atoms with E-state index in [9.17, 15) is 0 Å². The fraction of sp³-hybridized carbons (Fsp3) is 0.714. The minimum atomic E-state index is -0.394. The molecule has 0 radical (unpaired) electrons. The number of ether oxygens (including phenoxy) is 1. The highest BCUT2D eigenvalue weighted by atomic mass is 79.9. The number of nitrogens with one attached hydrogen (secondary N) is 1. The van der Waals surface area contributed by atoms with Crippen LogP contribution in [0.3, 0.4) is 0 Å². The molecule has 1 N–H and O–H groups in total. The molecule has 1 aromatic heterocycles. The zero-order chi connectivity index (χ0) is 14.5. The first-order valence-corrected chi connectivity index (χ1v) is 7.73. The minimum absolute atomic E-state index is 0.394. The van der Waals surface area contributed by atoms with Gasteiger partial charge in [-0.15, -0.1) is 0 Å². The molecule has 108 valence electrons. The van der Waals surface area contributed by atoms with Gasteiger partial charge in [0, 0.05) is 13.7 Å². The van der Waals surface area contributed by atoms with Crippen LogP contribution in [0.5, 0.6) is 0 Å². The SMILES string of the molecule is CCNc1nc(C(CC)(CC)OC)nc(CC)c1Br. The molecular weight excluding hydrogens is 306 g/mol. The van der Waals surface area contributed by atoms with Gasteiger partial charge in [0.2, 0.25) is 0 Å². The molecule has 0 unspecified atom stereocenters. The van der Waals surface area contributed by atoms with Crippen LogP contribution in [0.15, 0.2) is 4.47 Å². The summed E-state index contributed by atoms with van der Waals surface area (Å²) in [5, 5.41) is 3.28. The van der Waals surface area contributed by atoms with Gasteiger partial charge >= 0.3 is 0 Å². The van der Waals surface area contributed by atoms with E-state index in [1.54, 1.807) is 7.11 Å². The molecule has 1 rings (SSSR count). The second-order valence-electron chi connectivity index (χ2n) is 4.45. The van der Waals surface area contributed by atoms with Crippen molar-refractivity contribution >= 4 is 21.7 Å². The zero-order valence-electron chi connectivity index (χ0n) is 12.5. The zero-order valence-corrected chi connectivity index (χ0v) is 14.1. The Morgan fingerprint density at radius 3 is 2.21 bits per heavy atom. The summed E-state index contributed by atoms with van der Waals surface area (Å²) in [5.41, 5.74) is 0.624. The quantitative estimate of drug-likeness (QED) is 0.824. The van der Waals surface area contributed by atoms with Gasteiger partial charge in [-0.1, -0.05) is 20.8 Å². The van der Waals surface area contributed by atoms with E-state index in [4.69, 9.17) is 9.72 Å². The number of hydrogen-bond acceptors (Lipinski definition) is 4. The van der Waals surface area contributed by atoms with Crippen molar-refractivity contribution in [3.63, 3.8) is 0 Å². The molecule has 0 spiro atoms. The van der Waals surface area contributed by atoms with Crippen LogP contribution in [0.1, 0.15) is 52.1 Å². The minimum Gasteiger partial charge on any atom is -0.370 e. The van der Waals surface area contributed by atoms with Gasteiger partial charge in [0.1, 0.15) is 11.4 Å². The second-order valence-corrected chi connectivity index (χ2v) is 5.24. The summed E-state index contributed by atoms with van der Waals surface area (Å²) in [4.78, 5) is 9.36. The highest BCUT2D eigenvalue weighted by molar-refractivity contribution is 9.10. The van der Waals surface area contributed by atoms with Crippen LogP contribution in [0, 0.1) is 0 Å². The van der Waals surface area contributed by atoms with E-state index >= 15 is 0 Å². The van der Waals surface area contributed by atoms with Crippen molar-refractivity contribution < 1.29 is 4.74 Å². The molecule has 0 aliphatic heterocycles. The molecule has 0 atom stereocenters. The Morgan fingerprint density at radius 1 is 1.16 bits per heavy atom. The standard InChI is InChI=1S/C14H24BrN3O/c1-6-10-11(15)12(16-9-4)18-13(17-10)14(7-2,8-3)19-5/h6-9H2,1-5H3,(H,16,17,18). The second kappa shape index (κ2) is 7.20. The molecule has 1 aromatic rings. The lowest BCUT2D eigenvalue weighted by Crippen LogP contribution is -2.30. The first-order valence-electron chi connectivity index (χ1n) is 6.94. The Morgan fingerprint density at radius 2 is 1.79 bits per heavy atom. The van der Waals surface area contributed by atoms with E-state index in [2.05, 4.69) is 53.9 Å². The number of aryl methyl sites for hydroxylation is 1. The molecule has 4 nitrogen and oxygen atoms in total. The Balaban J connectivity index is 3.38. The van der Waals surface area contributed by atoms with Crippen LogP contribution in [0.4, 0.5) is 5.82 Å². The van der Waals surface area contributed by atoms with Crippen molar-refractivity contribution in [2.24, 2.45) is 0 Å². The molecule has 0 saturated heterocycles. The average Bonchev–Trinajstić information content (AvgIpc) is 2.44. The van der Waals surface area contributed by atoms with Gasteiger partial charge in [-0.25, -0.2) is 9.97 Å². The Bertz CT molecular complexity index is 411. The first-order chi connectivity index (χ1) is 9.08. The van der Waals surface area contributed by atoms with E-state index in [1.807, 2.05) is 0 Å². The third-order valence-corrected chi connectivity index (χ3v) is 4.37. The lowest BCUT2D eigenvalue weighted by Gasteiger charge is -2.29. The van der Waals surface area contributed by atoms with E-state index in [-0.39, 0.29) is 0 Å². The van der Waals surface area contributed by atoms with Crippen LogP contribution in [0.25, 0.3) is 0 Å². The van der Waals surface area contributed by atoms with Gasteiger partial charge < -0.3 is 10.1 Å². The number of rotatable bonds is 7. The van der Waals surface area contributed by atoms with Gasteiger partial charge in [-0.3, -0.25) is 0 Å². The molecule has 0 amide bonds. The molecule has 1 heterocycles. The summed E-state index contributed by atoms with van der Waals surface area (Å²) in [6, 6.07) is 0. The average molecular weight is 330 g/mol. The largest absolute Gasteiger partial charge is 0.370 e. The highest BCUT2D eigenvalue weighted by Crippen LogP contribution is 2.33. The van der Waals surface area contributed by atoms with Crippen molar-refractivity contribution in [2.45, 2.75) is 52.6 Å². The topological polar surface area (TPSA) is 47.0 Å². The van der Waals surface area contributed by atoms with Gasteiger partial charge in [0.15, 0.2) is 5.82 Å². The number of aromatic nitrogens is 2. The third-order valence-electron chi connectivity index (χ3n) is 3.54. The fourth-order valence-electron chi connectivity index (χ4n) is 2.16. The summed E-state index contributed by atoms with van der Waals surface area (Å²) < 4.78 is 6.68. The molecule has 0 aromatic carbocycles. The number of methoxy groups -OCH3 is 1. The smallest absolute Gasteiger partial charge is 0.162 e. The number of hydrogen-bond donors (Lipinski definition) is 1. The maximum Gasteiger partial charge on any atom is 0.162 e. The number of anilines is 1. The maximum absolute atomic E-state index is 5.73. The Kier molecular flexibility index (Phi) is 6.20. The summed E-state index contributed by atoms with van der Waals surface area (Å²) in [6.45, 7) is 9.20. The van der Waals surface area contributed by atoms with Crippen LogP contribution < -0.4 is 5.32 Å². The molecule has 0 fully saturated rings. The first kappa shape index (κ1) is 16.4. The number of nitrogens with zero attached hydrogens (tertiary/aromatic N) is 2. The van der Waals surface area contributed by atoms with E-state index in [0.29, 0.717) is 0 Å². The number of halogens is 1. The third kappa shape index (κ3) is 3.26. The summed E-state index contributed by atoms with van der Waals surface area (Å²) >= 11 is 3.58. The van der Waals surface area contributed by atoms with Crippen LogP contribution in [-0.2, 0) is 16.8 Å². The summed E-state index contributed by atoms with van der Waals surface area (Å²) in [6.07, 6.45) is 2.58. The molecule has 19 heavy (non-hydrogen) atoms. The normalized spacial score (nSPS) is 11.7. The lowest BCUT2D eigenvalue weighted by atomic mass is 9.96. The summed E-state index contributed by atoms with van der Waals surface area (Å²) in [5.74, 6) is 1.63. The molecule has 5 heteroatoms. The van der Waals surface area contributed by atoms with Crippen molar-refractivity contribution in [1.29, 1.82) is 0 Å². The van der Waals surface area contributed by atoms with Gasteiger partial charge in [0.25, 0.3) is 0 Å². The van der Waals surface area contributed by atoms with Gasteiger partial charge in [-0.2, -0.15) is 0 Å². The predicted molar refractivity (Wildman–Crippen MR) is 82.5 cm³/mol. The van der Waals surface area contributed by atoms with Gasteiger partial charge in [0.05, 0.1) is 10.2 Å². The van der Waals surface area contributed by atoms with Crippen molar-refractivity contribution in [3.8, 4) is 0 Å². The van der Waals surface area contributed by atoms with Crippen molar-refractivity contribution in [1.82, 2.24) is 9.97 Å². The fourth-order valence-corrected chi connectivity index (χ4v) is 2.76. The van der Waals surface area contributed by atoms with Crippen LogP contribution in [-0.4, -0.2) is 23.6 Å². The van der Waals surface area contributed by atoms with E-state index in [1.165, 1.54) is 0 Å². The molecule has 0 aliphatic rings. The van der Waals surface area contributed by atoms with E-state index in [0.717, 1.165) is 47.6 Å². The highest BCUT2D eigenvalue weighted by Gasteiger charge is 2.32. The Hall–Kier alpha value is -0.680. The van der Waals surface area contributed by atoms with Crippen molar-refractivity contribution in [3.05, 3.63) is 16.0 Å². The van der Waals surface area contributed by atoms with Crippen LogP contribution in [0.2, 0.25) is 0 Å². The molecule has 0 aliphatic carbocycles. The maximum atomic E-state index is 5.73. The Labute approximate surface area is 124 Å². The molecule has 0 saturated carbocycles. The van der Waals surface area contributed by atoms with E-state index < -0.39 is 5.60 Å². The lowest BCUT2D eigenvalue weighted by molar-refractivity contribution is -0.0292. The van der Waals surface area contributed by atoms with Crippen molar-refractivity contribution in [2.75, 3.05) is 19.0 Å². The molecule has 0 bridgehead atoms. The monoisotopic (exact) mass is 329 g/mol.